The molecule has 0 aliphatic carbocycles. The molecule has 1 aliphatic rings. The number of imidazole rings is 1. The lowest BCUT2D eigenvalue weighted by Gasteiger charge is -2.30. The van der Waals surface area contributed by atoms with Gasteiger partial charge in [0.05, 0.1) is 16.0 Å². The van der Waals surface area contributed by atoms with Crippen LogP contribution in [0.4, 0.5) is 32.0 Å². The van der Waals surface area contributed by atoms with E-state index in [2.05, 4.69) is 4.98 Å². The van der Waals surface area contributed by atoms with Crippen LogP contribution in [0.1, 0.15) is 30.7 Å². The number of halogens is 6. The Morgan fingerprint density at radius 1 is 1.07 bits per heavy atom. The number of rotatable bonds is 1. The van der Waals surface area contributed by atoms with Gasteiger partial charge in [0.15, 0.2) is 10.6 Å². The number of hydrogen-bond donors (Lipinski definition) is 0. The summed E-state index contributed by atoms with van der Waals surface area (Å²) in [6.45, 7) is 0.675. The Hall–Kier alpha value is -2.44. The van der Waals surface area contributed by atoms with Crippen LogP contribution in [0.2, 0.25) is 0 Å². The fourth-order valence-electron chi connectivity index (χ4n) is 3.09. The normalized spacial score (nSPS) is 15.9. The van der Waals surface area contributed by atoms with Gasteiger partial charge in [0.1, 0.15) is 0 Å². The molecule has 0 saturated carbocycles. The molecule has 13 heteroatoms. The van der Waals surface area contributed by atoms with Crippen LogP contribution in [0.3, 0.4) is 0 Å². The van der Waals surface area contributed by atoms with E-state index >= 15 is 0 Å². The third kappa shape index (κ3) is 3.62. The number of likely N-dealkylation sites (tertiary alicyclic amines) is 1. The minimum absolute atomic E-state index is 0.194. The van der Waals surface area contributed by atoms with Gasteiger partial charge in [0.25, 0.3) is 5.69 Å². The third-order valence-electron chi connectivity index (χ3n) is 4.33. The lowest BCUT2D eigenvalue weighted by molar-refractivity contribution is -0.383. The van der Waals surface area contributed by atoms with Crippen molar-refractivity contribution in [2.24, 2.45) is 0 Å². The van der Waals surface area contributed by atoms with Gasteiger partial charge >= 0.3 is 12.4 Å². The average molecular weight is 426 g/mol. The molecule has 0 bridgehead atoms. The minimum atomic E-state index is -5.08. The minimum Gasteiger partial charge on any atom is -0.349 e. The highest BCUT2D eigenvalue weighted by atomic mass is 32.1. The predicted octanol–water partition coefficient (Wildman–Crippen LogP) is 4.60. The molecule has 0 atom stereocenters. The summed E-state index contributed by atoms with van der Waals surface area (Å²) in [6.07, 6.45) is -7.90. The summed E-state index contributed by atoms with van der Waals surface area (Å²) >= 11 is 5.13. The molecule has 1 aliphatic heterocycles. The second-order valence-electron chi connectivity index (χ2n) is 6.22. The molecule has 0 amide bonds. The first-order valence-electron chi connectivity index (χ1n) is 8.06. The maximum absolute atomic E-state index is 13.5. The van der Waals surface area contributed by atoms with Crippen molar-refractivity contribution < 1.29 is 31.3 Å². The molecule has 0 unspecified atom stereocenters. The van der Waals surface area contributed by atoms with E-state index in [1.54, 1.807) is 0 Å². The Morgan fingerprint density at radius 2 is 1.68 bits per heavy atom. The van der Waals surface area contributed by atoms with Crippen molar-refractivity contribution in [2.45, 2.75) is 31.6 Å². The van der Waals surface area contributed by atoms with Gasteiger partial charge in [-0.3, -0.25) is 14.7 Å². The number of benzene rings is 1. The van der Waals surface area contributed by atoms with E-state index in [-0.39, 0.29) is 11.2 Å². The largest absolute Gasteiger partial charge is 0.450 e. The molecule has 0 N–H and O–H groups in total. The van der Waals surface area contributed by atoms with Gasteiger partial charge in [-0.25, -0.2) is 4.98 Å². The van der Waals surface area contributed by atoms with Gasteiger partial charge in [0, 0.05) is 19.2 Å². The van der Waals surface area contributed by atoms with Crippen LogP contribution >= 0.6 is 12.2 Å². The van der Waals surface area contributed by atoms with Gasteiger partial charge in [0.2, 0.25) is 5.82 Å². The maximum atomic E-state index is 13.5. The van der Waals surface area contributed by atoms with Crippen LogP contribution in [-0.4, -0.2) is 37.6 Å². The second-order valence-corrected chi connectivity index (χ2v) is 6.58. The zero-order chi connectivity index (χ0) is 20.9. The zero-order valence-electron chi connectivity index (χ0n) is 14.0. The van der Waals surface area contributed by atoms with E-state index in [9.17, 15) is 36.5 Å². The monoisotopic (exact) mass is 426 g/mol. The summed E-state index contributed by atoms with van der Waals surface area (Å²) in [5.74, 6) is -1.60. The number of thiocarbonyl (C=S) groups is 1. The van der Waals surface area contributed by atoms with E-state index in [0.717, 1.165) is 6.42 Å². The standard InChI is InChI=1S/C15H12F6N4O2S/c16-14(17,18)8-6-9-11(10(7-8)25(26)27)24(12(22-9)15(19,20)21)13(28)23-4-2-1-3-5-23/h6-7H,1-5H2. The topological polar surface area (TPSA) is 64.2 Å². The molecule has 1 saturated heterocycles. The molecule has 3 rings (SSSR count). The number of aromatic nitrogens is 2. The molecule has 0 radical (unpaired) electrons. The Labute approximate surface area is 158 Å². The number of nitrogens with zero attached hydrogens (tertiary/aromatic N) is 4. The molecule has 28 heavy (non-hydrogen) atoms. The predicted molar refractivity (Wildman–Crippen MR) is 89.8 cm³/mol. The highest BCUT2D eigenvalue weighted by molar-refractivity contribution is 7.80. The number of piperidine rings is 1. The van der Waals surface area contributed by atoms with Gasteiger partial charge in [-0.05, 0) is 37.5 Å². The molecule has 6 nitrogen and oxygen atoms in total. The van der Waals surface area contributed by atoms with Crippen molar-refractivity contribution in [1.82, 2.24) is 14.5 Å². The van der Waals surface area contributed by atoms with E-state index in [1.165, 1.54) is 4.90 Å². The van der Waals surface area contributed by atoms with Crippen molar-refractivity contribution in [3.8, 4) is 0 Å². The van der Waals surface area contributed by atoms with Crippen molar-refractivity contribution >= 4 is 34.1 Å². The van der Waals surface area contributed by atoms with Crippen LogP contribution in [0, 0.1) is 10.1 Å². The number of non-ortho nitro benzene ring substituents is 1. The second kappa shape index (κ2) is 6.87. The fourth-order valence-corrected chi connectivity index (χ4v) is 3.45. The Bertz CT molecular complexity index is 947. The first-order valence-corrected chi connectivity index (χ1v) is 8.46. The molecule has 2 aromatic rings. The van der Waals surface area contributed by atoms with E-state index in [4.69, 9.17) is 12.2 Å². The Morgan fingerprint density at radius 3 is 2.18 bits per heavy atom. The van der Waals surface area contributed by atoms with Crippen LogP contribution in [0.15, 0.2) is 12.1 Å². The molecule has 1 aromatic heterocycles. The summed E-state index contributed by atoms with van der Waals surface area (Å²) in [5.41, 5.74) is -4.12. The first kappa shape index (κ1) is 20.3. The van der Waals surface area contributed by atoms with Crippen LogP contribution in [0.5, 0.6) is 0 Å². The van der Waals surface area contributed by atoms with Crippen molar-refractivity contribution in [2.75, 3.05) is 13.1 Å². The number of alkyl halides is 6. The number of nitro groups is 1. The quantitative estimate of drug-likeness (QED) is 0.289. The molecule has 0 spiro atoms. The lowest BCUT2D eigenvalue weighted by atomic mass is 10.1. The number of fused-ring (bicyclic) bond motifs is 1. The van der Waals surface area contributed by atoms with Crippen LogP contribution in [-0.2, 0) is 12.4 Å². The third-order valence-corrected chi connectivity index (χ3v) is 4.77. The van der Waals surface area contributed by atoms with Gasteiger partial charge in [-0.15, -0.1) is 0 Å². The van der Waals surface area contributed by atoms with Crippen LogP contribution < -0.4 is 0 Å². The maximum Gasteiger partial charge on any atom is 0.450 e. The van der Waals surface area contributed by atoms with Crippen molar-refractivity contribution in [3.05, 3.63) is 33.6 Å². The summed E-state index contributed by atoms with van der Waals surface area (Å²) in [6, 6.07) is 0.548. The summed E-state index contributed by atoms with van der Waals surface area (Å²) < 4.78 is 80.1. The molecule has 1 aromatic carbocycles. The molecule has 152 valence electrons. The number of nitro benzene ring substituents is 1. The highest BCUT2D eigenvalue weighted by Crippen LogP contribution is 2.39. The first-order chi connectivity index (χ1) is 12.9. The van der Waals surface area contributed by atoms with Crippen molar-refractivity contribution in [3.63, 3.8) is 0 Å². The summed E-state index contributed by atoms with van der Waals surface area (Å²) in [5, 5.41) is 11.0. The highest BCUT2D eigenvalue weighted by Gasteiger charge is 2.42. The number of hydrogen-bond acceptors (Lipinski definition) is 4. The van der Waals surface area contributed by atoms with Gasteiger partial charge in [-0.2, -0.15) is 26.3 Å². The van der Waals surface area contributed by atoms with E-state index in [1.807, 2.05) is 0 Å². The van der Waals surface area contributed by atoms with Crippen molar-refractivity contribution in [1.29, 1.82) is 0 Å². The summed E-state index contributed by atoms with van der Waals surface area (Å²) in [4.78, 5) is 14.9. The zero-order valence-corrected chi connectivity index (χ0v) is 14.8. The van der Waals surface area contributed by atoms with Gasteiger partial charge < -0.3 is 4.90 Å². The van der Waals surface area contributed by atoms with Gasteiger partial charge in [-0.1, -0.05) is 0 Å². The smallest absolute Gasteiger partial charge is 0.349 e. The fraction of sp³-hybridized carbons (Fsp3) is 0.467. The van der Waals surface area contributed by atoms with E-state index in [0.29, 0.717) is 36.6 Å². The molecule has 1 fully saturated rings. The lowest BCUT2D eigenvalue weighted by Crippen LogP contribution is -2.39. The van der Waals surface area contributed by atoms with E-state index < -0.39 is 45.4 Å². The SMILES string of the molecule is O=[N+]([O-])c1cc(C(F)(F)F)cc2nc(C(F)(F)F)n(C(=S)N3CCCCC3)c12. The Balaban J connectivity index is 2.33. The average Bonchev–Trinajstić information content (AvgIpc) is 3.00. The Kier molecular flexibility index (Phi) is 4.98. The van der Waals surface area contributed by atoms with Crippen LogP contribution in [0.25, 0.3) is 11.0 Å². The molecular formula is C15H12F6N4O2S. The molecular weight excluding hydrogens is 414 g/mol. The summed E-state index contributed by atoms with van der Waals surface area (Å²) in [7, 11) is 0. The molecule has 2 heterocycles.